The smallest absolute Gasteiger partial charge is 0.309 e. The molecule has 0 bridgehead atoms. The van der Waals surface area contributed by atoms with E-state index < -0.39 is 5.97 Å². The molecule has 0 atom stereocenters. The molecule has 0 radical (unpaired) electrons. The van der Waals surface area contributed by atoms with Crippen molar-refractivity contribution in [3.63, 3.8) is 0 Å². The molecule has 0 unspecified atom stereocenters. The van der Waals surface area contributed by atoms with Gasteiger partial charge >= 0.3 is 5.97 Å². The van der Waals surface area contributed by atoms with Gasteiger partial charge in [-0.1, -0.05) is 34.1 Å². The molecule has 0 aliphatic rings. The Bertz CT molecular complexity index is 693. The molecule has 0 aliphatic heterocycles. The molecule has 0 saturated heterocycles. The Morgan fingerprint density at radius 1 is 1.23 bits per heavy atom. The summed E-state index contributed by atoms with van der Waals surface area (Å²) in [6.07, 6.45) is 1.11. The monoisotopic (exact) mass is 362 g/mol. The molecule has 0 amide bonds. The van der Waals surface area contributed by atoms with Crippen LogP contribution in [-0.4, -0.2) is 24.5 Å². The number of hydrogen-bond donors (Lipinski definition) is 1. The van der Waals surface area contributed by atoms with Crippen LogP contribution in [0.1, 0.15) is 27.0 Å². The maximum absolute atomic E-state index is 11.4. The van der Waals surface area contributed by atoms with E-state index >= 15 is 0 Å². The summed E-state index contributed by atoms with van der Waals surface area (Å²) < 4.78 is 5.60. The molecule has 0 fully saturated rings. The van der Waals surface area contributed by atoms with Gasteiger partial charge in [-0.2, -0.15) is 0 Å². The van der Waals surface area contributed by atoms with E-state index in [2.05, 4.69) is 20.7 Å². The summed E-state index contributed by atoms with van der Waals surface area (Å²) in [4.78, 5) is 22.5. The van der Waals surface area contributed by atoms with Crippen LogP contribution < -0.4 is 0 Å². The van der Waals surface area contributed by atoms with Crippen LogP contribution in [0.4, 0.5) is 0 Å². The summed E-state index contributed by atoms with van der Waals surface area (Å²) in [5, 5.41) is 10.2. The predicted molar refractivity (Wildman–Crippen MR) is 86.2 cm³/mol. The zero-order valence-corrected chi connectivity index (χ0v) is 13.6. The number of esters is 1. The lowest BCUT2D eigenvalue weighted by atomic mass is 9.97. The first kappa shape index (κ1) is 16.2. The van der Waals surface area contributed by atoms with Crippen molar-refractivity contribution >= 4 is 28.2 Å². The highest BCUT2D eigenvalue weighted by Crippen LogP contribution is 2.27. The van der Waals surface area contributed by atoms with Crippen molar-refractivity contribution in [2.24, 2.45) is 0 Å². The number of carbonyl (C=O) groups is 2. The zero-order valence-electron chi connectivity index (χ0n) is 12.0. The molecule has 114 valence electrons. The summed E-state index contributed by atoms with van der Waals surface area (Å²) in [5.41, 5.74) is 2.41. The second kappa shape index (κ2) is 7.22. The fourth-order valence-corrected chi connectivity index (χ4v) is 2.44. The standard InChI is InChI=1S/C17H15BrO4/c1-22-16(20)9-12-7-13(17(21)14(8-12)10-19)6-11-2-4-15(18)5-3-11/h2-5,7-8,10,21H,6,9H2,1H3. The number of benzene rings is 2. The van der Waals surface area contributed by atoms with E-state index in [4.69, 9.17) is 0 Å². The van der Waals surface area contributed by atoms with E-state index in [0.29, 0.717) is 23.8 Å². The number of aromatic hydroxyl groups is 1. The highest BCUT2D eigenvalue weighted by molar-refractivity contribution is 9.10. The van der Waals surface area contributed by atoms with Crippen LogP contribution in [0.5, 0.6) is 5.75 Å². The highest BCUT2D eigenvalue weighted by atomic mass is 79.9. The van der Waals surface area contributed by atoms with Crippen molar-refractivity contribution < 1.29 is 19.4 Å². The molecule has 0 spiro atoms. The Hall–Kier alpha value is -2.14. The number of hydrogen-bond acceptors (Lipinski definition) is 4. The van der Waals surface area contributed by atoms with Crippen LogP contribution in [0.15, 0.2) is 40.9 Å². The maximum Gasteiger partial charge on any atom is 0.309 e. The molecule has 0 aromatic heterocycles. The van der Waals surface area contributed by atoms with Crippen molar-refractivity contribution in [3.05, 3.63) is 63.1 Å². The summed E-state index contributed by atoms with van der Waals surface area (Å²) in [6, 6.07) is 10.9. The van der Waals surface area contributed by atoms with Gasteiger partial charge in [0.15, 0.2) is 6.29 Å². The molecule has 2 aromatic rings. The molecule has 0 aliphatic carbocycles. The minimum Gasteiger partial charge on any atom is -0.507 e. The molecule has 4 nitrogen and oxygen atoms in total. The van der Waals surface area contributed by atoms with Crippen LogP contribution in [-0.2, 0) is 22.4 Å². The number of aldehydes is 1. The lowest BCUT2D eigenvalue weighted by molar-refractivity contribution is -0.139. The Balaban J connectivity index is 2.36. The minimum absolute atomic E-state index is 0.0495. The lowest BCUT2D eigenvalue weighted by Gasteiger charge is -2.10. The third-order valence-electron chi connectivity index (χ3n) is 3.29. The van der Waals surface area contributed by atoms with Gasteiger partial charge in [0.1, 0.15) is 5.75 Å². The second-order valence-electron chi connectivity index (χ2n) is 4.87. The highest BCUT2D eigenvalue weighted by Gasteiger charge is 2.12. The van der Waals surface area contributed by atoms with Gasteiger partial charge in [0, 0.05) is 10.9 Å². The lowest BCUT2D eigenvalue weighted by Crippen LogP contribution is -2.06. The second-order valence-corrected chi connectivity index (χ2v) is 5.78. The summed E-state index contributed by atoms with van der Waals surface area (Å²) >= 11 is 3.37. The zero-order chi connectivity index (χ0) is 16.1. The fraction of sp³-hybridized carbons (Fsp3) is 0.176. The van der Waals surface area contributed by atoms with Crippen LogP contribution >= 0.6 is 15.9 Å². The van der Waals surface area contributed by atoms with Crippen LogP contribution in [0.25, 0.3) is 0 Å². The Labute approximate surface area is 136 Å². The average molecular weight is 363 g/mol. The quantitative estimate of drug-likeness (QED) is 0.654. The Kier molecular flexibility index (Phi) is 5.33. The summed E-state index contributed by atoms with van der Waals surface area (Å²) in [7, 11) is 1.31. The van der Waals surface area contributed by atoms with Gasteiger partial charge in [-0.3, -0.25) is 9.59 Å². The SMILES string of the molecule is COC(=O)Cc1cc(C=O)c(O)c(Cc2ccc(Br)cc2)c1. The molecule has 0 saturated carbocycles. The predicted octanol–water partition coefficient (Wildman–Crippen LogP) is 3.27. The van der Waals surface area contributed by atoms with Gasteiger partial charge in [-0.15, -0.1) is 0 Å². The molecule has 2 rings (SSSR count). The van der Waals surface area contributed by atoms with Crippen molar-refractivity contribution in [2.45, 2.75) is 12.8 Å². The topological polar surface area (TPSA) is 63.6 Å². The molecule has 1 N–H and O–H groups in total. The van der Waals surface area contributed by atoms with E-state index in [0.717, 1.165) is 10.0 Å². The summed E-state index contributed by atoms with van der Waals surface area (Å²) in [6.45, 7) is 0. The van der Waals surface area contributed by atoms with Crippen LogP contribution in [0, 0.1) is 0 Å². The van der Waals surface area contributed by atoms with E-state index in [1.807, 2.05) is 24.3 Å². The maximum atomic E-state index is 11.4. The number of carbonyl (C=O) groups excluding carboxylic acids is 2. The first-order chi connectivity index (χ1) is 10.5. The molecule has 2 aromatic carbocycles. The van der Waals surface area contributed by atoms with Gasteiger partial charge in [-0.25, -0.2) is 0 Å². The van der Waals surface area contributed by atoms with Crippen molar-refractivity contribution in [1.29, 1.82) is 0 Å². The molecule has 5 heteroatoms. The van der Waals surface area contributed by atoms with Crippen molar-refractivity contribution in [2.75, 3.05) is 7.11 Å². The van der Waals surface area contributed by atoms with Crippen molar-refractivity contribution in [1.82, 2.24) is 0 Å². The number of phenolic OH excluding ortho intramolecular Hbond substituents is 1. The van der Waals surface area contributed by atoms with E-state index in [-0.39, 0.29) is 17.7 Å². The normalized spacial score (nSPS) is 10.3. The first-order valence-electron chi connectivity index (χ1n) is 6.64. The number of halogens is 1. The first-order valence-corrected chi connectivity index (χ1v) is 7.44. The van der Waals surface area contributed by atoms with Crippen molar-refractivity contribution in [3.8, 4) is 5.75 Å². The largest absolute Gasteiger partial charge is 0.507 e. The Morgan fingerprint density at radius 2 is 1.91 bits per heavy atom. The van der Waals surface area contributed by atoms with E-state index in [1.54, 1.807) is 6.07 Å². The third kappa shape index (κ3) is 3.95. The van der Waals surface area contributed by atoms with Gasteiger partial charge in [-0.05, 0) is 34.9 Å². The van der Waals surface area contributed by atoms with E-state index in [9.17, 15) is 14.7 Å². The Morgan fingerprint density at radius 3 is 2.50 bits per heavy atom. The van der Waals surface area contributed by atoms with Crippen LogP contribution in [0.3, 0.4) is 0 Å². The van der Waals surface area contributed by atoms with Gasteiger partial charge < -0.3 is 9.84 Å². The number of rotatable bonds is 5. The third-order valence-corrected chi connectivity index (χ3v) is 3.82. The molecule has 0 heterocycles. The van der Waals surface area contributed by atoms with Gasteiger partial charge in [0.25, 0.3) is 0 Å². The van der Waals surface area contributed by atoms with Gasteiger partial charge in [0.2, 0.25) is 0 Å². The van der Waals surface area contributed by atoms with E-state index in [1.165, 1.54) is 13.2 Å². The number of phenols is 1. The fourth-order valence-electron chi connectivity index (χ4n) is 2.17. The molecular formula is C17H15BrO4. The minimum atomic E-state index is -0.392. The average Bonchev–Trinajstić information content (AvgIpc) is 2.52. The molecule has 22 heavy (non-hydrogen) atoms. The van der Waals surface area contributed by atoms with Crippen LogP contribution in [0.2, 0.25) is 0 Å². The molecular weight excluding hydrogens is 348 g/mol. The summed E-state index contributed by atoms with van der Waals surface area (Å²) in [5.74, 6) is -0.441. The van der Waals surface area contributed by atoms with Gasteiger partial charge in [0.05, 0.1) is 19.1 Å². The number of ether oxygens (including phenoxy) is 1. The number of methoxy groups -OCH3 is 1.